The van der Waals surface area contributed by atoms with E-state index >= 15 is 0 Å². The Kier molecular flexibility index (Phi) is 5.07. The Hall–Kier alpha value is -0.870. The van der Waals surface area contributed by atoms with Crippen molar-refractivity contribution in [2.24, 2.45) is 17.3 Å². The van der Waals surface area contributed by atoms with Gasteiger partial charge in [-0.25, -0.2) is 0 Å². The van der Waals surface area contributed by atoms with E-state index < -0.39 is 5.60 Å². The van der Waals surface area contributed by atoms with Crippen LogP contribution in [0.2, 0.25) is 0 Å². The quantitative estimate of drug-likeness (QED) is 0.446. The molecular formula is C22H36O4. The Morgan fingerprint density at radius 3 is 2.54 bits per heavy atom. The number of carbonyl (C=O) groups excluding carboxylic acids is 1. The summed E-state index contributed by atoms with van der Waals surface area (Å²) >= 11 is 0. The molecule has 7 atom stereocenters. The van der Waals surface area contributed by atoms with Crippen LogP contribution in [0.5, 0.6) is 0 Å². The summed E-state index contributed by atoms with van der Waals surface area (Å²) < 4.78 is 11.5. The Balaban J connectivity index is 1.72. The van der Waals surface area contributed by atoms with Gasteiger partial charge in [0.25, 0.3) is 0 Å². The highest BCUT2D eigenvalue weighted by Gasteiger charge is 2.60. The standard InChI is InChI=1S/C22H36O4/c1-14(2)18(25-15(3)23)7-9-20(4)11-12-22(6)19(26-22)8-10-21(5,24)17-13-16(17)20/h16-19,24H,1,7-13H2,2-6H3. The third-order valence-electron chi connectivity index (χ3n) is 7.46. The van der Waals surface area contributed by atoms with Crippen molar-refractivity contribution < 1.29 is 19.4 Å². The minimum absolute atomic E-state index is 0.0112. The number of epoxide rings is 1. The molecule has 3 aliphatic rings. The maximum Gasteiger partial charge on any atom is 0.303 e. The van der Waals surface area contributed by atoms with Crippen molar-refractivity contribution in [3.63, 3.8) is 0 Å². The van der Waals surface area contributed by atoms with Crippen LogP contribution in [0.25, 0.3) is 0 Å². The third kappa shape index (κ3) is 4.01. The van der Waals surface area contributed by atoms with Gasteiger partial charge < -0.3 is 14.6 Å². The zero-order chi connectivity index (χ0) is 19.3. The number of rotatable bonds is 5. The van der Waals surface area contributed by atoms with Gasteiger partial charge in [0, 0.05) is 6.92 Å². The normalized spacial score (nSPS) is 45.7. The number of ether oxygens (including phenoxy) is 2. The Morgan fingerprint density at radius 2 is 1.92 bits per heavy atom. The molecule has 26 heavy (non-hydrogen) atoms. The lowest BCUT2D eigenvalue weighted by Gasteiger charge is -2.36. The first-order chi connectivity index (χ1) is 12.0. The van der Waals surface area contributed by atoms with Crippen molar-refractivity contribution in [1.82, 2.24) is 0 Å². The topological polar surface area (TPSA) is 59.1 Å². The number of aliphatic hydroxyl groups is 1. The first-order valence-corrected chi connectivity index (χ1v) is 10.2. The van der Waals surface area contributed by atoms with Crippen LogP contribution >= 0.6 is 0 Å². The van der Waals surface area contributed by atoms with Crippen LogP contribution in [0.15, 0.2) is 12.2 Å². The zero-order valence-corrected chi connectivity index (χ0v) is 17.1. The number of hydrogen-bond acceptors (Lipinski definition) is 4. The average Bonchev–Trinajstić information content (AvgIpc) is 3.42. The van der Waals surface area contributed by atoms with E-state index in [0.717, 1.165) is 50.5 Å². The average molecular weight is 365 g/mol. The van der Waals surface area contributed by atoms with E-state index in [1.54, 1.807) is 0 Å². The highest BCUT2D eigenvalue weighted by atomic mass is 16.6. The van der Waals surface area contributed by atoms with Gasteiger partial charge in [0.05, 0.1) is 17.3 Å². The van der Waals surface area contributed by atoms with Crippen LogP contribution in [0, 0.1) is 17.3 Å². The maximum absolute atomic E-state index is 11.4. The Labute approximate surface area is 158 Å². The predicted molar refractivity (Wildman–Crippen MR) is 102 cm³/mol. The van der Waals surface area contributed by atoms with Crippen molar-refractivity contribution in [3.05, 3.63) is 12.2 Å². The van der Waals surface area contributed by atoms with Crippen molar-refractivity contribution >= 4 is 5.97 Å². The highest BCUT2D eigenvalue weighted by molar-refractivity contribution is 5.66. The molecule has 2 aliphatic carbocycles. The second-order valence-electron chi connectivity index (χ2n) is 9.90. The van der Waals surface area contributed by atoms with Crippen LogP contribution in [-0.2, 0) is 14.3 Å². The number of hydrogen-bond donors (Lipinski definition) is 1. The SMILES string of the molecule is C=C(C)C(CCC1(C)CCC2(C)OC2CCC(C)(O)C2CC21)OC(C)=O. The summed E-state index contributed by atoms with van der Waals surface area (Å²) in [6.45, 7) is 14.0. The van der Waals surface area contributed by atoms with Gasteiger partial charge in [0.15, 0.2) is 0 Å². The lowest BCUT2D eigenvalue weighted by atomic mass is 9.71. The van der Waals surface area contributed by atoms with Gasteiger partial charge in [-0.05, 0) is 88.5 Å². The summed E-state index contributed by atoms with van der Waals surface area (Å²) in [6, 6.07) is 0. The number of carbonyl (C=O) groups is 1. The molecule has 0 aromatic heterocycles. The van der Waals surface area contributed by atoms with E-state index in [9.17, 15) is 9.90 Å². The second kappa shape index (κ2) is 6.63. The largest absolute Gasteiger partial charge is 0.458 e. The molecular weight excluding hydrogens is 328 g/mol. The van der Waals surface area contributed by atoms with E-state index in [0.29, 0.717) is 17.9 Å². The number of fused-ring (bicyclic) bond motifs is 2. The minimum Gasteiger partial charge on any atom is -0.458 e. The van der Waals surface area contributed by atoms with Gasteiger partial charge in [-0.2, -0.15) is 0 Å². The molecule has 0 aromatic rings. The molecule has 0 radical (unpaired) electrons. The van der Waals surface area contributed by atoms with Crippen LogP contribution < -0.4 is 0 Å². The smallest absolute Gasteiger partial charge is 0.303 e. The lowest BCUT2D eigenvalue weighted by molar-refractivity contribution is -0.145. The molecule has 7 unspecified atom stereocenters. The predicted octanol–water partition coefficient (Wildman–Crippen LogP) is 4.40. The van der Waals surface area contributed by atoms with Crippen molar-refractivity contribution in [2.75, 3.05) is 0 Å². The van der Waals surface area contributed by atoms with Crippen LogP contribution in [0.4, 0.5) is 0 Å². The van der Waals surface area contributed by atoms with Crippen molar-refractivity contribution in [3.8, 4) is 0 Å². The third-order valence-corrected chi connectivity index (χ3v) is 7.46. The van der Waals surface area contributed by atoms with Gasteiger partial charge in [0.1, 0.15) is 6.10 Å². The molecule has 0 amide bonds. The summed E-state index contributed by atoms with van der Waals surface area (Å²) in [7, 11) is 0. The molecule has 148 valence electrons. The summed E-state index contributed by atoms with van der Waals surface area (Å²) in [5, 5.41) is 11.0. The molecule has 1 heterocycles. The monoisotopic (exact) mass is 364 g/mol. The molecule has 3 rings (SSSR count). The Bertz CT molecular complexity index is 583. The fraction of sp³-hybridized carbons (Fsp3) is 0.864. The van der Waals surface area contributed by atoms with Crippen molar-refractivity contribution in [1.29, 1.82) is 0 Å². The molecule has 0 bridgehead atoms. The van der Waals surface area contributed by atoms with Gasteiger partial charge in [0.2, 0.25) is 0 Å². The fourth-order valence-corrected chi connectivity index (χ4v) is 5.23. The van der Waals surface area contributed by atoms with Gasteiger partial charge in [-0.3, -0.25) is 4.79 Å². The van der Waals surface area contributed by atoms with Gasteiger partial charge >= 0.3 is 5.97 Å². The molecule has 1 N–H and O–H groups in total. The second-order valence-corrected chi connectivity index (χ2v) is 9.90. The summed E-state index contributed by atoms with van der Waals surface area (Å²) in [6.07, 6.45) is 6.95. The molecule has 4 nitrogen and oxygen atoms in total. The fourth-order valence-electron chi connectivity index (χ4n) is 5.23. The molecule has 0 aromatic carbocycles. The van der Waals surface area contributed by atoms with Gasteiger partial charge in [-0.1, -0.05) is 13.5 Å². The van der Waals surface area contributed by atoms with Crippen LogP contribution in [0.1, 0.15) is 79.6 Å². The summed E-state index contributed by atoms with van der Waals surface area (Å²) in [5.41, 5.74) is 0.433. The molecule has 1 aliphatic heterocycles. The highest BCUT2D eigenvalue weighted by Crippen LogP contribution is 2.62. The van der Waals surface area contributed by atoms with E-state index in [-0.39, 0.29) is 23.1 Å². The van der Waals surface area contributed by atoms with E-state index in [1.165, 1.54) is 6.92 Å². The first kappa shape index (κ1) is 19.9. The lowest BCUT2D eigenvalue weighted by Crippen LogP contribution is -2.34. The summed E-state index contributed by atoms with van der Waals surface area (Å²) in [5.74, 6) is 0.676. The number of esters is 1. The molecule has 3 fully saturated rings. The maximum atomic E-state index is 11.4. The van der Waals surface area contributed by atoms with E-state index in [4.69, 9.17) is 9.47 Å². The summed E-state index contributed by atoms with van der Waals surface area (Å²) in [4.78, 5) is 11.4. The van der Waals surface area contributed by atoms with Crippen LogP contribution in [0.3, 0.4) is 0 Å². The Morgan fingerprint density at radius 1 is 1.23 bits per heavy atom. The zero-order valence-electron chi connectivity index (χ0n) is 17.1. The molecule has 1 saturated heterocycles. The van der Waals surface area contributed by atoms with E-state index in [1.807, 2.05) is 13.8 Å². The molecule has 4 heteroatoms. The van der Waals surface area contributed by atoms with Crippen LogP contribution in [-0.4, -0.2) is 34.5 Å². The molecule has 2 saturated carbocycles. The van der Waals surface area contributed by atoms with Gasteiger partial charge in [-0.15, -0.1) is 0 Å². The van der Waals surface area contributed by atoms with Crippen molar-refractivity contribution in [2.45, 2.75) is 103 Å². The molecule has 0 spiro atoms. The minimum atomic E-state index is -0.597. The first-order valence-electron chi connectivity index (χ1n) is 10.2. The van der Waals surface area contributed by atoms with E-state index in [2.05, 4.69) is 20.4 Å².